The fraction of sp³-hybridized carbons (Fsp3) is 0.188. The van der Waals surface area contributed by atoms with Gasteiger partial charge < -0.3 is 9.84 Å². The van der Waals surface area contributed by atoms with E-state index in [1.165, 1.54) is 7.11 Å². The molecule has 1 N–H and O–H groups in total. The van der Waals surface area contributed by atoms with Gasteiger partial charge in [-0.3, -0.25) is 4.79 Å². The standard InChI is InChI=1S/C16H15FO3/c1-10-4-3-5-12(16(10)17)13-8-11(9-15(18)19)6-7-14(13)20-2/h3-8H,9H2,1-2H3,(H,18,19). The van der Waals surface area contributed by atoms with Crippen LogP contribution in [-0.4, -0.2) is 18.2 Å². The largest absolute Gasteiger partial charge is 0.496 e. The van der Waals surface area contributed by atoms with E-state index >= 15 is 0 Å². The number of aliphatic carboxylic acids is 1. The monoisotopic (exact) mass is 274 g/mol. The first-order chi connectivity index (χ1) is 9.52. The minimum atomic E-state index is -0.925. The minimum Gasteiger partial charge on any atom is -0.496 e. The molecule has 0 atom stereocenters. The van der Waals surface area contributed by atoms with Crippen LogP contribution in [0, 0.1) is 12.7 Å². The first kappa shape index (κ1) is 14.1. The van der Waals surface area contributed by atoms with Gasteiger partial charge in [-0.2, -0.15) is 0 Å². The summed E-state index contributed by atoms with van der Waals surface area (Å²) in [5, 5.41) is 8.85. The normalized spacial score (nSPS) is 10.3. The first-order valence-corrected chi connectivity index (χ1v) is 6.17. The Morgan fingerprint density at radius 3 is 2.65 bits per heavy atom. The number of halogens is 1. The summed E-state index contributed by atoms with van der Waals surface area (Å²) in [4.78, 5) is 10.8. The summed E-state index contributed by atoms with van der Waals surface area (Å²) in [6, 6.07) is 10.1. The summed E-state index contributed by atoms with van der Waals surface area (Å²) in [5.41, 5.74) is 2.11. The third kappa shape index (κ3) is 2.79. The van der Waals surface area contributed by atoms with Gasteiger partial charge in [-0.1, -0.05) is 24.3 Å². The van der Waals surface area contributed by atoms with E-state index in [9.17, 15) is 9.18 Å². The molecule has 4 heteroatoms. The molecular weight excluding hydrogens is 259 g/mol. The van der Waals surface area contributed by atoms with E-state index in [0.29, 0.717) is 28.0 Å². The molecule has 0 aliphatic carbocycles. The topological polar surface area (TPSA) is 46.5 Å². The van der Waals surface area contributed by atoms with Crippen LogP contribution < -0.4 is 4.74 Å². The number of methoxy groups -OCH3 is 1. The highest BCUT2D eigenvalue weighted by Crippen LogP contribution is 2.33. The quantitative estimate of drug-likeness (QED) is 0.929. The van der Waals surface area contributed by atoms with Crippen molar-refractivity contribution in [2.75, 3.05) is 7.11 Å². The van der Waals surface area contributed by atoms with Crippen molar-refractivity contribution in [3.63, 3.8) is 0 Å². The van der Waals surface area contributed by atoms with Crippen LogP contribution in [0.2, 0.25) is 0 Å². The van der Waals surface area contributed by atoms with E-state index in [0.717, 1.165) is 0 Å². The molecule has 104 valence electrons. The minimum absolute atomic E-state index is 0.107. The van der Waals surface area contributed by atoms with E-state index in [1.807, 2.05) is 0 Å². The maximum absolute atomic E-state index is 14.2. The molecule has 20 heavy (non-hydrogen) atoms. The van der Waals surface area contributed by atoms with Crippen LogP contribution in [0.25, 0.3) is 11.1 Å². The van der Waals surface area contributed by atoms with Gasteiger partial charge in [0.2, 0.25) is 0 Å². The maximum atomic E-state index is 14.2. The van der Waals surface area contributed by atoms with E-state index in [4.69, 9.17) is 9.84 Å². The number of rotatable bonds is 4. The molecule has 0 unspecified atom stereocenters. The molecule has 3 nitrogen and oxygen atoms in total. The maximum Gasteiger partial charge on any atom is 0.307 e. The fourth-order valence-electron chi connectivity index (χ4n) is 2.11. The first-order valence-electron chi connectivity index (χ1n) is 6.17. The number of ether oxygens (including phenoxy) is 1. The molecule has 2 aromatic rings. The zero-order chi connectivity index (χ0) is 14.7. The van der Waals surface area contributed by atoms with Crippen LogP contribution in [0.1, 0.15) is 11.1 Å². The molecule has 2 rings (SSSR count). The summed E-state index contributed by atoms with van der Waals surface area (Å²) in [6.45, 7) is 1.69. The van der Waals surface area contributed by atoms with Gasteiger partial charge in [0.15, 0.2) is 0 Å². The third-order valence-corrected chi connectivity index (χ3v) is 3.10. The second kappa shape index (κ2) is 5.74. The van der Waals surface area contributed by atoms with Gasteiger partial charge in [-0.05, 0) is 30.2 Å². The highest BCUT2D eigenvalue weighted by molar-refractivity contribution is 5.75. The van der Waals surface area contributed by atoms with Crippen molar-refractivity contribution in [3.8, 4) is 16.9 Å². The summed E-state index contributed by atoms with van der Waals surface area (Å²) < 4.78 is 19.5. The van der Waals surface area contributed by atoms with Gasteiger partial charge in [0.25, 0.3) is 0 Å². The van der Waals surface area contributed by atoms with Crippen LogP contribution in [0.15, 0.2) is 36.4 Å². The molecule has 0 fully saturated rings. The van der Waals surface area contributed by atoms with Crippen molar-refractivity contribution >= 4 is 5.97 Å². The summed E-state index contributed by atoms with van der Waals surface area (Å²) in [5.74, 6) is -0.729. The van der Waals surface area contributed by atoms with Crippen LogP contribution in [0.3, 0.4) is 0 Å². The molecular formula is C16H15FO3. The predicted molar refractivity (Wildman–Crippen MR) is 74.5 cm³/mol. The second-order valence-electron chi connectivity index (χ2n) is 4.54. The van der Waals surface area contributed by atoms with Gasteiger partial charge in [0, 0.05) is 11.1 Å². The molecule has 0 bridgehead atoms. The molecule has 0 aliphatic heterocycles. The average molecular weight is 274 g/mol. The molecule has 2 aromatic carbocycles. The Labute approximate surface area is 116 Å². The van der Waals surface area contributed by atoms with Gasteiger partial charge >= 0.3 is 5.97 Å². The molecule has 0 radical (unpaired) electrons. The van der Waals surface area contributed by atoms with Crippen LogP contribution in [0.4, 0.5) is 4.39 Å². The SMILES string of the molecule is COc1ccc(CC(=O)O)cc1-c1cccc(C)c1F. The Hall–Kier alpha value is -2.36. The molecule has 0 spiro atoms. The van der Waals surface area contributed by atoms with E-state index in [-0.39, 0.29) is 12.2 Å². The number of benzene rings is 2. The lowest BCUT2D eigenvalue weighted by molar-refractivity contribution is -0.136. The van der Waals surface area contributed by atoms with E-state index < -0.39 is 5.97 Å². The third-order valence-electron chi connectivity index (χ3n) is 3.10. The van der Waals surface area contributed by atoms with Crippen molar-refractivity contribution in [2.24, 2.45) is 0 Å². The number of hydrogen-bond acceptors (Lipinski definition) is 2. The number of carboxylic acid groups (broad SMARTS) is 1. The molecule has 0 heterocycles. The van der Waals surface area contributed by atoms with E-state index in [2.05, 4.69) is 0 Å². The van der Waals surface area contributed by atoms with Crippen molar-refractivity contribution in [1.82, 2.24) is 0 Å². The Kier molecular flexibility index (Phi) is 4.03. The Balaban J connectivity index is 2.58. The van der Waals surface area contributed by atoms with Crippen LogP contribution >= 0.6 is 0 Å². The van der Waals surface area contributed by atoms with E-state index in [1.54, 1.807) is 43.3 Å². The highest BCUT2D eigenvalue weighted by Gasteiger charge is 2.13. The Morgan fingerprint density at radius 1 is 1.25 bits per heavy atom. The summed E-state index contributed by atoms with van der Waals surface area (Å²) >= 11 is 0. The fourth-order valence-corrected chi connectivity index (χ4v) is 2.11. The van der Waals surface area contributed by atoms with Crippen molar-refractivity contribution in [3.05, 3.63) is 53.3 Å². The smallest absolute Gasteiger partial charge is 0.307 e. The lowest BCUT2D eigenvalue weighted by Gasteiger charge is -2.12. The lowest BCUT2D eigenvalue weighted by atomic mass is 9.98. The summed E-state index contributed by atoms with van der Waals surface area (Å²) in [7, 11) is 1.50. The van der Waals surface area contributed by atoms with Gasteiger partial charge in [0.05, 0.1) is 13.5 Å². The molecule has 0 saturated carbocycles. The number of aryl methyl sites for hydroxylation is 1. The van der Waals surface area contributed by atoms with Crippen LogP contribution in [-0.2, 0) is 11.2 Å². The van der Waals surface area contributed by atoms with Crippen molar-refractivity contribution in [1.29, 1.82) is 0 Å². The van der Waals surface area contributed by atoms with Gasteiger partial charge in [-0.25, -0.2) is 4.39 Å². The summed E-state index contributed by atoms with van der Waals surface area (Å²) in [6.07, 6.45) is -0.107. The predicted octanol–water partition coefficient (Wildman–Crippen LogP) is 3.44. The lowest BCUT2D eigenvalue weighted by Crippen LogP contribution is -2.01. The number of carbonyl (C=O) groups is 1. The van der Waals surface area contributed by atoms with Crippen molar-refractivity contribution in [2.45, 2.75) is 13.3 Å². The molecule has 0 aromatic heterocycles. The second-order valence-corrected chi connectivity index (χ2v) is 4.54. The zero-order valence-electron chi connectivity index (χ0n) is 11.3. The average Bonchev–Trinajstić information content (AvgIpc) is 2.41. The number of hydrogen-bond donors (Lipinski definition) is 1. The zero-order valence-corrected chi connectivity index (χ0v) is 11.3. The Morgan fingerprint density at radius 2 is 2.00 bits per heavy atom. The molecule has 0 amide bonds. The van der Waals surface area contributed by atoms with Crippen molar-refractivity contribution < 1.29 is 19.0 Å². The highest BCUT2D eigenvalue weighted by atomic mass is 19.1. The number of carboxylic acids is 1. The van der Waals surface area contributed by atoms with Gasteiger partial charge in [-0.15, -0.1) is 0 Å². The van der Waals surface area contributed by atoms with Gasteiger partial charge in [0.1, 0.15) is 11.6 Å². The molecule has 0 aliphatic rings. The van der Waals surface area contributed by atoms with Crippen LogP contribution in [0.5, 0.6) is 5.75 Å². The molecule has 0 saturated heterocycles. The Bertz CT molecular complexity index is 650.